The Hall–Kier alpha value is -3.84. The fraction of sp³-hybridized carbons (Fsp3) is 0.721. The van der Waals surface area contributed by atoms with Crippen LogP contribution < -0.4 is 0 Å². The molecule has 0 heterocycles. The predicted molar refractivity (Wildman–Crippen MR) is 209 cm³/mol. The monoisotopic (exact) mass is 792 g/mol. The van der Waals surface area contributed by atoms with E-state index in [1.807, 2.05) is 31.2 Å². The molecular formula is C43H68O13. The third-order valence-electron chi connectivity index (χ3n) is 10.2. The lowest BCUT2D eigenvalue weighted by Gasteiger charge is -2.39. The molecule has 0 N–H and O–H groups in total. The van der Waals surface area contributed by atoms with Crippen molar-refractivity contribution in [2.45, 2.75) is 127 Å². The smallest absolute Gasteiger partial charge is 0.347 e. The number of methoxy groups -OCH3 is 1. The summed E-state index contributed by atoms with van der Waals surface area (Å²) in [5, 5.41) is 0. The van der Waals surface area contributed by atoms with Crippen LogP contribution in [0.5, 0.6) is 0 Å². The summed E-state index contributed by atoms with van der Waals surface area (Å²) in [7, 11) is 1.47. The first-order chi connectivity index (χ1) is 26.0. The number of ketones is 1. The Balaban J connectivity index is 2.91. The van der Waals surface area contributed by atoms with E-state index >= 15 is 0 Å². The van der Waals surface area contributed by atoms with E-state index in [0.717, 1.165) is 12.0 Å². The Labute approximate surface area is 334 Å². The van der Waals surface area contributed by atoms with Gasteiger partial charge in [-0.15, -0.1) is 0 Å². The fourth-order valence-corrected chi connectivity index (χ4v) is 6.09. The number of rotatable bonds is 26. The van der Waals surface area contributed by atoms with Gasteiger partial charge in [0.2, 0.25) is 0 Å². The number of ether oxygens (including phenoxy) is 7. The molecule has 0 radical (unpaired) electrons. The lowest BCUT2D eigenvalue weighted by atomic mass is 9.65. The first-order valence-corrected chi connectivity index (χ1v) is 19.6. The van der Waals surface area contributed by atoms with Crippen molar-refractivity contribution in [1.82, 2.24) is 0 Å². The first kappa shape index (κ1) is 50.2. The number of esters is 5. The maximum atomic E-state index is 13.7. The molecule has 0 aromatic heterocycles. The topological polar surface area (TPSA) is 167 Å². The minimum Gasteiger partial charge on any atom is -0.463 e. The molecule has 0 aliphatic heterocycles. The summed E-state index contributed by atoms with van der Waals surface area (Å²) in [4.78, 5) is 78.1. The zero-order chi connectivity index (χ0) is 42.9. The van der Waals surface area contributed by atoms with E-state index < -0.39 is 70.3 Å². The summed E-state index contributed by atoms with van der Waals surface area (Å²) >= 11 is 0. The summed E-state index contributed by atoms with van der Waals surface area (Å²) in [5.74, 6) is -3.32. The largest absolute Gasteiger partial charge is 0.463 e. The Morgan fingerprint density at radius 3 is 1.73 bits per heavy atom. The normalized spacial score (nSPS) is 15.1. The molecule has 318 valence electrons. The van der Waals surface area contributed by atoms with Crippen molar-refractivity contribution in [3.8, 4) is 0 Å². The minimum absolute atomic E-state index is 0.0412. The molecule has 13 heteroatoms. The quantitative estimate of drug-likeness (QED) is 0.0410. The van der Waals surface area contributed by atoms with E-state index in [9.17, 15) is 28.8 Å². The molecule has 1 aromatic rings. The van der Waals surface area contributed by atoms with E-state index in [-0.39, 0.29) is 58.1 Å². The Bertz CT molecular complexity index is 1450. The van der Waals surface area contributed by atoms with Crippen LogP contribution in [0.2, 0.25) is 0 Å². The average molecular weight is 793 g/mol. The van der Waals surface area contributed by atoms with Crippen LogP contribution in [0, 0.1) is 27.6 Å². The number of hydrogen-bond acceptors (Lipinski definition) is 13. The van der Waals surface area contributed by atoms with Gasteiger partial charge in [0.1, 0.15) is 26.4 Å². The zero-order valence-electron chi connectivity index (χ0n) is 36.1. The van der Waals surface area contributed by atoms with Crippen molar-refractivity contribution in [1.29, 1.82) is 0 Å². The molecule has 0 saturated carbocycles. The maximum Gasteiger partial charge on any atom is 0.347 e. The third kappa shape index (κ3) is 16.0. The molecule has 0 spiro atoms. The summed E-state index contributed by atoms with van der Waals surface area (Å²) in [6.07, 6.45) is 0.476. The van der Waals surface area contributed by atoms with Crippen molar-refractivity contribution < 1.29 is 61.9 Å². The Morgan fingerprint density at radius 2 is 1.18 bits per heavy atom. The van der Waals surface area contributed by atoms with Crippen molar-refractivity contribution >= 4 is 35.6 Å². The summed E-state index contributed by atoms with van der Waals surface area (Å²) in [5.41, 5.74) is -2.54. The van der Waals surface area contributed by atoms with Crippen LogP contribution in [-0.2, 0) is 68.3 Å². The lowest BCUT2D eigenvalue weighted by Crippen LogP contribution is -2.44. The van der Waals surface area contributed by atoms with Gasteiger partial charge in [0.15, 0.2) is 18.7 Å². The van der Waals surface area contributed by atoms with Crippen LogP contribution >= 0.6 is 0 Å². The fourth-order valence-electron chi connectivity index (χ4n) is 6.09. The summed E-state index contributed by atoms with van der Waals surface area (Å²) in [6.45, 7) is 19.9. The van der Waals surface area contributed by atoms with Crippen LogP contribution in [0.15, 0.2) is 24.3 Å². The van der Waals surface area contributed by atoms with Gasteiger partial charge in [-0.2, -0.15) is 0 Å². The van der Waals surface area contributed by atoms with E-state index in [1.54, 1.807) is 55.4 Å². The van der Waals surface area contributed by atoms with Gasteiger partial charge >= 0.3 is 29.8 Å². The molecule has 0 fully saturated rings. The lowest BCUT2D eigenvalue weighted by molar-refractivity contribution is -0.177. The van der Waals surface area contributed by atoms with Crippen molar-refractivity contribution in [2.24, 2.45) is 27.6 Å². The van der Waals surface area contributed by atoms with Crippen LogP contribution in [0.1, 0.15) is 126 Å². The van der Waals surface area contributed by atoms with Gasteiger partial charge in [-0.25, -0.2) is 4.79 Å². The number of carbonyl (C=O) groups excluding carboxylic acids is 6. The first-order valence-electron chi connectivity index (χ1n) is 19.6. The molecule has 0 bridgehead atoms. The van der Waals surface area contributed by atoms with Crippen molar-refractivity contribution in [3.05, 3.63) is 35.4 Å². The Kier molecular flexibility index (Phi) is 20.4. The molecule has 0 aliphatic carbocycles. The van der Waals surface area contributed by atoms with Crippen molar-refractivity contribution in [3.63, 3.8) is 0 Å². The molecule has 0 saturated heterocycles. The van der Waals surface area contributed by atoms with Crippen molar-refractivity contribution in [2.75, 3.05) is 46.9 Å². The van der Waals surface area contributed by atoms with E-state index in [2.05, 4.69) is 13.8 Å². The summed E-state index contributed by atoms with van der Waals surface area (Å²) < 4.78 is 37.3. The molecule has 0 amide bonds. The van der Waals surface area contributed by atoms with Gasteiger partial charge in [0.25, 0.3) is 0 Å². The molecule has 0 aliphatic rings. The predicted octanol–water partition coefficient (Wildman–Crippen LogP) is 6.95. The highest BCUT2D eigenvalue weighted by Crippen LogP contribution is 2.46. The second-order valence-electron chi connectivity index (χ2n) is 16.9. The van der Waals surface area contributed by atoms with E-state index in [0.29, 0.717) is 12.3 Å². The van der Waals surface area contributed by atoms with E-state index in [4.69, 9.17) is 33.2 Å². The molecule has 13 nitrogen and oxygen atoms in total. The second-order valence-corrected chi connectivity index (χ2v) is 16.9. The SMILES string of the molecule is CCC(C)(C)C(=O)OC(C)C(=O)OCCOC(=O)C(C)(C)CC(C)(CC(C)(CC)C(=O)OCOCC(=O)C(C)c1ccc(CC(C)C)cc1)C(=O)OCCOC. The molecule has 4 unspecified atom stereocenters. The number of benzene rings is 1. The van der Waals surface area contributed by atoms with Gasteiger partial charge in [0, 0.05) is 13.0 Å². The number of carbonyl (C=O) groups is 6. The summed E-state index contributed by atoms with van der Waals surface area (Å²) in [6, 6.07) is 7.94. The molecule has 1 rings (SSSR count). The van der Waals surface area contributed by atoms with Gasteiger partial charge in [0.05, 0.1) is 28.3 Å². The average Bonchev–Trinajstić information content (AvgIpc) is 3.13. The Morgan fingerprint density at radius 1 is 0.625 bits per heavy atom. The van der Waals surface area contributed by atoms with Crippen LogP contribution in [-0.4, -0.2) is 88.7 Å². The molecule has 56 heavy (non-hydrogen) atoms. The van der Waals surface area contributed by atoms with E-state index in [1.165, 1.54) is 19.6 Å². The highest BCUT2D eigenvalue weighted by atomic mass is 16.7. The molecule has 4 atom stereocenters. The maximum absolute atomic E-state index is 13.7. The van der Waals surface area contributed by atoms with Gasteiger partial charge in [-0.1, -0.05) is 58.9 Å². The van der Waals surface area contributed by atoms with Crippen LogP contribution in [0.25, 0.3) is 0 Å². The standard InChI is InChI=1S/C43H68O13/c1-14-40(7,8)37(47)56-31(6)35(45)52-22-23-53-36(46)41(9,10)26-43(12,39(49)54-21-20-50-13)27-42(11,15-2)38(48)55-28-51-25-34(44)30(5)33-18-16-32(17-19-33)24-29(3)4/h16-19,29-31H,14-15,20-28H2,1-13H3. The van der Waals surface area contributed by atoms with Gasteiger partial charge < -0.3 is 33.2 Å². The van der Waals surface area contributed by atoms with Gasteiger partial charge in [-0.3, -0.25) is 24.0 Å². The second kappa shape index (κ2) is 22.8. The number of hydrogen-bond donors (Lipinski definition) is 0. The van der Waals surface area contributed by atoms with Crippen LogP contribution in [0.4, 0.5) is 0 Å². The highest BCUT2D eigenvalue weighted by Gasteiger charge is 2.50. The molecule has 1 aromatic carbocycles. The third-order valence-corrected chi connectivity index (χ3v) is 10.2. The highest BCUT2D eigenvalue weighted by molar-refractivity contribution is 5.86. The zero-order valence-corrected chi connectivity index (χ0v) is 36.1. The number of Topliss-reactive ketones (excluding diaryl/α,β-unsaturated/α-hetero) is 1. The minimum atomic E-state index is -1.38. The van der Waals surface area contributed by atoms with Gasteiger partial charge in [-0.05, 0) is 97.6 Å². The van der Waals surface area contributed by atoms with Crippen LogP contribution in [0.3, 0.4) is 0 Å². The molecular weight excluding hydrogens is 724 g/mol.